The molecule has 2 heterocycles. The summed E-state index contributed by atoms with van der Waals surface area (Å²) in [6.07, 6.45) is 7.38. The van der Waals surface area contributed by atoms with E-state index < -0.39 is 10.0 Å². The van der Waals surface area contributed by atoms with Gasteiger partial charge in [-0.15, -0.1) is 24.0 Å². The van der Waals surface area contributed by atoms with Crippen LogP contribution in [0.1, 0.15) is 44.7 Å². The number of nitrogens with one attached hydrogen (secondary N) is 3. The van der Waals surface area contributed by atoms with E-state index >= 15 is 0 Å². The molecule has 3 rings (SSSR count). The van der Waals surface area contributed by atoms with Crippen LogP contribution in [0.3, 0.4) is 0 Å². The topological polar surface area (TPSA) is 98.7 Å². The van der Waals surface area contributed by atoms with Gasteiger partial charge < -0.3 is 10.6 Å². The highest BCUT2D eigenvalue weighted by molar-refractivity contribution is 14.0. The van der Waals surface area contributed by atoms with Crippen molar-refractivity contribution in [2.45, 2.75) is 51.6 Å². The average Bonchev–Trinajstić information content (AvgIpc) is 2.69. The van der Waals surface area contributed by atoms with Crippen LogP contribution in [0.2, 0.25) is 0 Å². The first kappa shape index (κ1) is 26.3. The normalized spacial score (nSPS) is 18.8. The second-order valence-electron chi connectivity index (χ2n) is 8.24. The van der Waals surface area contributed by atoms with Gasteiger partial charge in [0.05, 0.1) is 18.0 Å². The molecule has 0 unspecified atom stereocenters. The van der Waals surface area contributed by atoms with Gasteiger partial charge in [-0.2, -0.15) is 0 Å². The number of sulfonamides is 1. The van der Waals surface area contributed by atoms with E-state index in [9.17, 15) is 8.42 Å². The van der Waals surface area contributed by atoms with Crippen molar-refractivity contribution in [1.82, 2.24) is 25.2 Å². The maximum Gasteiger partial charge on any atom is 0.213 e. The van der Waals surface area contributed by atoms with Gasteiger partial charge in [0.15, 0.2) is 5.96 Å². The van der Waals surface area contributed by atoms with E-state index in [-0.39, 0.29) is 36.3 Å². The first-order chi connectivity index (χ1) is 14.5. The summed E-state index contributed by atoms with van der Waals surface area (Å²) >= 11 is 0. The molecule has 1 aliphatic heterocycles. The first-order valence-electron chi connectivity index (χ1n) is 11.2. The molecule has 0 spiro atoms. The SMILES string of the molecule is CCNC(=NCCS(=O)(=O)NCC1CCC1)NC1CCN(Cc2ccccn2)CC1.I. The Kier molecular flexibility index (Phi) is 11.5. The van der Waals surface area contributed by atoms with E-state index in [4.69, 9.17) is 0 Å². The minimum Gasteiger partial charge on any atom is -0.357 e. The van der Waals surface area contributed by atoms with E-state index in [2.05, 4.69) is 36.3 Å². The largest absolute Gasteiger partial charge is 0.357 e. The molecule has 1 saturated carbocycles. The Morgan fingerprint density at radius 1 is 1.23 bits per heavy atom. The number of piperidine rings is 1. The lowest BCUT2D eigenvalue weighted by Crippen LogP contribution is -2.48. The van der Waals surface area contributed by atoms with E-state index in [1.165, 1.54) is 6.42 Å². The summed E-state index contributed by atoms with van der Waals surface area (Å²) in [6.45, 7) is 6.49. The van der Waals surface area contributed by atoms with Gasteiger partial charge >= 0.3 is 0 Å². The average molecular weight is 565 g/mol. The highest BCUT2D eigenvalue weighted by Gasteiger charge is 2.21. The summed E-state index contributed by atoms with van der Waals surface area (Å²) in [7, 11) is -3.26. The van der Waals surface area contributed by atoms with Crippen LogP contribution in [0.25, 0.3) is 0 Å². The number of pyridine rings is 1. The van der Waals surface area contributed by atoms with Crippen molar-refractivity contribution in [2.75, 3.05) is 38.5 Å². The molecule has 1 aliphatic carbocycles. The fourth-order valence-electron chi connectivity index (χ4n) is 3.76. The molecule has 0 aromatic carbocycles. The maximum absolute atomic E-state index is 12.2. The summed E-state index contributed by atoms with van der Waals surface area (Å²) in [4.78, 5) is 11.3. The van der Waals surface area contributed by atoms with E-state index in [0.29, 0.717) is 24.5 Å². The number of rotatable bonds is 10. The number of hydrogen-bond donors (Lipinski definition) is 3. The fraction of sp³-hybridized carbons (Fsp3) is 0.714. The van der Waals surface area contributed by atoms with Crippen molar-refractivity contribution in [3.63, 3.8) is 0 Å². The third kappa shape index (κ3) is 9.58. The Labute approximate surface area is 204 Å². The Hall–Kier alpha value is -0.980. The summed E-state index contributed by atoms with van der Waals surface area (Å²) in [5, 5.41) is 6.71. The maximum atomic E-state index is 12.2. The van der Waals surface area contributed by atoms with Crippen LogP contribution < -0.4 is 15.4 Å². The van der Waals surface area contributed by atoms with Crippen LogP contribution in [0.15, 0.2) is 29.4 Å². The van der Waals surface area contributed by atoms with Gasteiger partial charge in [-0.3, -0.25) is 14.9 Å². The van der Waals surface area contributed by atoms with Gasteiger partial charge in [0.25, 0.3) is 0 Å². The predicted molar refractivity (Wildman–Crippen MR) is 136 cm³/mol. The molecule has 1 aromatic rings. The van der Waals surface area contributed by atoms with Crippen LogP contribution in [-0.4, -0.2) is 68.8 Å². The molecule has 3 N–H and O–H groups in total. The smallest absolute Gasteiger partial charge is 0.213 e. The fourth-order valence-corrected chi connectivity index (χ4v) is 4.73. The molecule has 1 saturated heterocycles. The van der Waals surface area contributed by atoms with Gasteiger partial charge in [0.2, 0.25) is 10.0 Å². The zero-order chi connectivity index (χ0) is 21.2. The number of guanidine groups is 1. The number of likely N-dealkylation sites (tertiary alicyclic amines) is 1. The van der Waals surface area contributed by atoms with Crippen LogP contribution in [-0.2, 0) is 16.6 Å². The molecule has 2 aliphatic rings. The lowest BCUT2D eigenvalue weighted by Gasteiger charge is -2.32. The highest BCUT2D eigenvalue weighted by atomic mass is 127. The first-order valence-corrected chi connectivity index (χ1v) is 12.8. The van der Waals surface area contributed by atoms with Crippen molar-refractivity contribution in [2.24, 2.45) is 10.9 Å². The molecule has 10 heteroatoms. The van der Waals surface area contributed by atoms with Crippen molar-refractivity contribution < 1.29 is 8.42 Å². The van der Waals surface area contributed by atoms with E-state index in [0.717, 1.165) is 57.6 Å². The lowest BCUT2D eigenvalue weighted by atomic mass is 9.86. The lowest BCUT2D eigenvalue weighted by molar-refractivity contribution is 0.196. The summed E-state index contributed by atoms with van der Waals surface area (Å²) in [5.41, 5.74) is 1.10. The Bertz CT molecular complexity index is 765. The van der Waals surface area contributed by atoms with Gasteiger partial charge in [-0.05, 0) is 50.7 Å². The zero-order valence-electron chi connectivity index (χ0n) is 18.4. The van der Waals surface area contributed by atoms with Crippen molar-refractivity contribution >= 4 is 40.0 Å². The van der Waals surface area contributed by atoms with Gasteiger partial charge in [-0.25, -0.2) is 13.1 Å². The van der Waals surface area contributed by atoms with Gasteiger partial charge in [0.1, 0.15) is 0 Å². The third-order valence-electron chi connectivity index (χ3n) is 5.83. The molecule has 1 aromatic heterocycles. The monoisotopic (exact) mass is 564 g/mol. The Balaban J connectivity index is 0.00000341. The second-order valence-corrected chi connectivity index (χ2v) is 10.2. The van der Waals surface area contributed by atoms with Crippen LogP contribution in [0.5, 0.6) is 0 Å². The molecule has 0 amide bonds. The molecule has 8 nitrogen and oxygen atoms in total. The Morgan fingerprint density at radius 3 is 2.61 bits per heavy atom. The second kappa shape index (κ2) is 13.5. The molecular weight excluding hydrogens is 527 g/mol. The molecule has 2 fully saturated rings. The summed E-state index contributed by atoms with van der Waals surface area (Å²) < 4.78 is 27.0. The Morgan fingerprint density at radius 2 is 2.00 bits per heavy atom. The van der Waals surface area contributed by atoms with Gasteiger partial charge in [-0.1, -0.05) is 12.5 Å². The molecule has 176 valence electrons. The number of hydrogen-bond acceptors (Lipinski definition) is 5. The zero-order valence-corrected chi connectivity index (χ0v) is 21.6. The van der Waals surface area contributed by atoms with Crippen molar-refractivity contribution in [3.05, 3.63) is 30.1 Å². The summed E-state index contributed by atoms with van der Waals surface area (Å²) in [6, 6.07) is 6.38. The van der Waals surface area contributed by atoms with Crippen molar-refractivity contribution in [3.8, 4) is 0 Å². The molecule has 0 bridgehead atoms. The third-order valence-corrected chi connectivity index (χ3v) is 7.16. The number of nitrogens with zero attached hydrogens (tertiary/aromatic N) is 3. The predicted octanol–water partition coefficient (Wildman–Crippen LogP) is 1.94. The molecule has 31 heavy (non-hydrogen) atoms. The number of halogens is 1. The number of aliphatic imine (C=N–C) groups is 1. The minimum atomic E-state index is -3.26. The quantitative estimate of drug-likeness (QED) is 0.228. The molecular formula is C21H37IN6O2S. The van der Waals surface area contributed by atoms with Gasteiger partial charge in [0, 0.05) is 45.0 Å². The standard InChI is InChI=1S/C21H36N6O2S.HI/c1-2-22-21(24-12-15-30(28,29)25-16-18-6-5-7-18)26-19-9-13-27(14-10-19)17-20-8-3-4-11-23-20;/h3-4,8,11,18-19,25H,2,5-7,9-10,12-17H2,1H3,(H2,22,24,26);1H. The van der Waals surface area contributed by atoms with Crippen LogP contribution in [0.4, 0.5) is 0 Å². The summed E-state index contributed by atoms with van der Waals surface area (Å²) in [5.74, 6) is 1.25. The highest BCUT2D eigenvalue weighted by Crippen LogP contribution is 2.25. The van der Waals surface area contributed by atoms with E-state index in [1.807, 2.05) is 25.3 Å². The number of aromatic nitrogens is 1. The minimum absolute atomic E-state index is 0. The molecule has 0 atom stereocenters. The van der Waals surface area contributed by atoms with Crippen LogP contribution >= 0.6 is 24.0 Å². The molecule has 0 radical (unpaired) electrons. The van der Waals surface area contributed by atoms with E-state index in [1.54, 1.807) is 0 Å². The van der Waals surface area contributed by atoms with Crippen LogP contribution in [0, 0.1) is 5.92 Å². The van der Waals surface area contributed by atoms with Crippen molar-refractivity contribution in [1.29, 1.82) is 0 Å².